The Morgan fingerprint density at radius 1 is 2.00 bits per heavy atom. The van der Waals surface area contributed by atoms with E-state index in [-0.39, 0.29) is 6.10 Å². The Hall–Kier alpha value is -0.810. The van der Waals surface area contributed by atoms with Gasteiger partial charge in [0.1, 0.15) is 6.10 Å². The molecule has 0 fully saturated rings. The van der Waals surface area contributed by atoms with Crippen LogP contribution in [0.3, 0.4) is 0 Å². The maximum Gasteiger partial charge on any atom is 0.141 e. The summed E-state index contributed by atoms with van der Waals surface area (Å²) < 4.78 is 4.86. The Kier molecular flexibility index (Phi) is 3.91. The van der Waals surface area contributed by atoms with Crippen LogP contribution in [0.2, 0.25) is 0 Å². The largest absolute Gasteiger partial charge is 0.360 e. The first-order valence-corrected chi connectivity index (χ1v) is 2.43. The Balaban J connectivity index is 3.14. The lowest BCUT2D eigenvalue weighted by atomic mass is 10.5. The molecule has 0 amide bonds. The Labute approximate surface area is 49.4 Å². The third kappa shape index (κ3) is 3.38. The normalized spacial score (nSPS) is 12.0. The Morgan fingerprint density at radius 3 is 3.00 bits per heavy atom. The van der Waals surface area contributed by atoms with E-state index >= 15 is 0 Å². The zero-order chi connectivity index (χ0) is 6.41. The van der Waals surface area contributed by atoms with Gasteiger partial charge >= 0.3 is 0 Å². The first-order valence-electron chi connectivity index (χ1n) is 2.43. The Morgan fingerprint density at radius 2 is 2.62 bits per heavy atom. The van der Waals surface area contributed by atoms with Gasteiger partial charge in [-0.1, -0.05) is 6.08 Å². The SMILES string of the molecule is C=CCOC(C)C#N. The fraction of sp³-hybridized carbons (Fsp3) is 0.500. The van der Waals surface area contributed by atoms with Crippen molar-refractivity contribution in [1.29, 1.82) is 5.26 Å². The number of hydrogen-bond acceptors (Lipinski definition) is 2. The lowest BCUT2D eigenvalue weighted by Crippen LogP contribution is -2.03. The van der Waals surface area contributed by atoms with Gasteiger partial charge in [0.2, 0.25) is 0 Å². The molecule has 8 heavy (non-hydrogen) atoms. The molecular weight excluding hydrogens is 102 g/mol. The van der Waals surface area contributed by atoms with Crippen LogP contribution in [0.1, 0.15) is 6.92 Å². The lowest BCUT2D eigenvalue weighted by molar-refractivity contribution is 0.128. The van der Waals surface area contributed by atoms with E-state index in [9.17, 15) is 0 Å². The van der Waals surface area contributed by atoms with Crippen molar-refractivity contribution in [3.8, 4) is 6.07 Å². The molecular formula is C6H9NO. The molecule has 0 spiro atoms. The van der Waals surface area contributed by atoms with Gasteiger partial charge in [0.25, 0.3) is 0 Å². The summed E-state index contributed by atoms with van der Waals surface area (Å²) in [5.41, 5.74) is 0. The van der Waals surface area contributed by atoms with E-state index in [2.05, 4.69) is 6.58 Å². The maximum absolute atomic E-state index is 8.15. The molecule has 0 aliphatic rings. The van der Waals surface area contributed by atoms with Crippen LogP contribution in [0.25, 0.3) is 0 Å². The highest BCUT2D eigenvalue weighted by molar-refractivity contribution is 4.80. The third-order valence-electron chi connectivity index (χ3n) is 0.646. The topological polar surface area (TPSA) is 33.0 Å². The Bertz CT molecular complexity index is 104. The summed E-state index contributed by atoms with van der Waals surface area (Å²) in [6, 6.07) is 1.93. The van der Waals surface area contributed by atoms with E-state index in [0.717, 1.165) is 0 Å². The van der Waals surface area contributed by atoms with Gasteiger partial charge in [-0.3, -0.25) is 0 Å². The van der Waals surface area contributed by atoms with Crippen LogP contribution < -0.4 is 0 Å². The fourth-order valence-corrected chi connectivity index (χ4v) is 0.250. The number of nitrogens with zero attached hydrogens (tertiary/aromatic N) is 1. The summed E-state index contributed by atoms with van der Waals surface area (Å²) in [5, 5.41) is 8.15. The second kappa shape index (κ2) is 4.35. The standard InChI is InChI=1S/C6H9NO/c1-3-4-8-6(2)5-7/h3,6H,1,4H2,2H3. The minimum Gasteiger partial charge on any atom is -0.360 e. The van der Waals surface area contributed by atoms with Gasteiger partial charge in [-0.05, 0) is 6.92 Å². The number of ether oxygens (including phenoxy) is 1. The van der Waals surface area contributed by atoms with Gasteiger partial charge in [-0.25, -0.2) is 0 Å². The molecule has 0 rings (SSSR count). The van der Waals surface area contributed by atoms with Gasteiger partial charge in [0, 0.05) is 0 Å². The minimum atomic E-state index is -0.312. The smallest absolute Gasteiger partial charge is 0.141 e. The van der Waals surface area contributed by atoms with Crippen molar-refractivity contribution in [2.45, 2.75) is 13.0 Å². The first kappa shape index (κ1) is 7.19. The molecule has 0 aliphatic carbocycles. The van der Waals surface area contributed by atoms with Crippen LogP contribution >= 0.6 is 0 Å². The van der Waals surface area contributed by atoms with Crippen LogP contribution in [-0.2, 0) is 4.74 Å². The van der Waals surface area contributed by atoms with E-state index in [1.54, 1.807) is 13.0 Å². The molecule has 0 aromatic rings. The van der Waals surface area contributed by atoms with Crippen molar-refractivity contribution in [1.82, 2.24) is 0 Å². The zero-order valence-corrected chi connectivity index (χ0v) is 4.92. The van der Waals surface area contributed by atoms with Gasteiger partial charge in [0.05, 0.1) is 12.7 Å². The molecule has 0 aromatic carbocycles. The third-order valence-corrected chi connectivity index (χ3v) is 0.646. The fourth-order valence-electron chi connectivity index (χ4n) is 0.250. The molecule has 1 unspecified atom stereocenters. The molecule has 0 N–H and O–H groups in total. The molecule has 0 radical (unpaired) electrons. The molecule has 2 heteroatoms. The van der Waals surface area contributed by atoms with E-state index < -0.39 is 0 Å². The zero-order valence-electron chi connectivity index (χ0n) is 4.92. The summed E-state index contributed by atoms with van der Waals surface area (Å²) in [4.78, 5) is 0. The summed E-state index contributed by atoms with van der Waals surface area (Å²) in [6.45, 7) is 5.58. The van der Waals surface area contributed by atoms with E-state index in [1.807, 2.05) is 6.07 Å². The average molecular weight is 111 g/mol. The highest BCUT2D eigenvalue weighted by Crippen LogP contribution is 1.85. The first-order chi connectivity index (χ1) is 3.81. The number of rotatable bonds is 3. The molecule has 0 heterocycles. The second-order valence-corrected chi connectivity index (χ2v) is 1.39. The van der Waals surface area contributed by atoms with Crippen LogP contribution in [0.4, 0.5) is 0 Å². The second-order valence-electron chi connectivity index (χ2n) is 1.39. The molecule has 0 bridgehead atoms. The predicted molar refractivity (Wildman–Crippen MR) is 31.2 cm³/mol. The quantitative estimate of drug-likeness (QED) is 0.511. The molecule has 44 valence electrons. The average Bonchev–Trinajstić information content (AvgIpc) is 1.83. The van der Waals surface area contributed by atoms with Crippen molar-refractivity contribution < 1.29 is 4.74 Å². The van der Waals surface area contributed by atoms with E-state index in [1.165, 1.54) is 0 Å². The van der Waals surface area contributed by atoms with E-state index in [0.29, 0.717) is 6.61 Å². The van der Waals surface area contributed by atoms with Gasteiger partial charge in [-0.15, -0.1) is 6.58 Å². The van der Waals surface area contributed by atoms with Gasteiger partial charge in [0.15, 0.2) is 0 Å². The van der Waals surface area contributed by atoms with Gasteiger partial charge in [-0.2, -0.15) is 5.26 Å². The summed E-state index contributed by atoms with van der Waals surface area (Å²) in [6.07, 6.45) is 1.31. The molecule has 0 saturated carbocycles. The summed E-state index contributed by atoms with van der Waals surface area (Å²) in [5.74, 6) is 0. The molecule has 0 aromatic heterocycles. The summed E-state index contributed by atoms with van der Waals surface area (Å²) in [7, 11) is 0. The highest BCUT2D eigenvalue weighted by atomic mass is 16.5. The predicted octanol–water partition coefficient (Wildman–Crippen LogP) is 1.10. The number of hydrogen-bond donors (Lipinski definition) is 0. The molecule has 2 nitrogen and oxygen atoms in total. The molecule has 0 aliphatic heterocycles. The number of nitriles is 1. The van der Waals surface area contributed by atoms with Crippen LogP contribution in [0.5, 0.6) is 0 Å². The van der Waals surface area contributed by atoms with Crippen molar-refractivity contribution >= 4 is 0 Å². The van der Waals surface area contributed by atoms with Crippen molar-refractivity contribution in [3.05, 3.63) is 12.7 Å². The van der Waals surface area contributed by atoms with Crippen molar-refractivity contribution in [2.75, 3.05) is 6.61 Å². The molecule has 0 saturated heterocycles. The van der Waals surface area contributed by atoms with Gasteiger partial charge < -0.3 is 4.74 Å². The minimum absolute atomic E-state index is 0.312. The van der Waals surface area contributed by atoms with Crippen molar-refractivity contribution in [2.24, 2.45) is 0 Å². The van der Waals surface area contributed by atoms with Crippen LogP contribution in [-0.4, -0.2) is 12.7 Å². The molecule has 1 atom stereocenters. The van der Waals surface area contributed by atoms with Crippen LogP contribution in [0, 0.1) is 11.3 Å². The highest BCUT2D eigenvalue weighted by Gasteiger charge is 1.92. The monoisotopic (exact) mass is 111 g/mol. The lowest BCUT2D eigenvalue weighted by Gasteiger charge is -1.98. The van der Waals surface area contributed by atoms with E-state index in [4.69, 9.17) is 10.00 Å². The maximum atomic E-state index is 8.15. The van der Waals surface area contributed by atoms with Crippen LogP contribution in [0.15, 0.2) is 12.7 Å². The van der Waals surface area contributed by atoms with Crippen molar-refractivity contribution in [3.63, 3.8) is 0 Å². The summed E-state index contributed by atoms with van der Waals surface area (Å²) >= 11 is 0.